The molecule has 0 amide bonds. The molecule has 16 heavy (non-hydrogen) atoms. The Morgan fingerprint density at radius 2 is 2.19 bits per heavy atom. The number of likely N-dealkylation sites (tertiary alicyclic amines) is 1. The summed E-state index contributed by atoms with van der Waals surface area (Å²) in [5.41, 5.74) is 0. The first-order chi connectivity index (χ1) is 7.78. The predicted octanol–water partition coefficient (Wildman–Crippen LogP) is 1.34. The molecule has 0 bridgehead atoms. The standard InChI is InChI=1S/C13H26N2O/c1-11-7-12(3-5-14-11)8-15-6-4-13(9-15)10-16-2/h11-14H,3-10H2,1-2H3. The highest BCUT2D eigenvalue weighted by atomic mass is 16.5. The van der Waals surface area contributed by atoms with E-state index >= 15 is 0 Å². The summed E-state index contributed by atoms with van der Waals surface area (Å²) in [4.78, 5) is 2.65. The van der Waals surface area contributed by atoms with E-state index in [1.54, 1.807) is 0 Å². The Morgan fingerprint density at radius 1 is 1.31 bits per heavy atom. The molecule has 2 aliphatic heterocycles. The fraction of sp³-hybridized carbons (Fsp3) is 1.00. The van der Waals surface area contributed by atoms with Crippen molar-refractivity contribution in [2.75, 3.05) is 39.9 Å². The third-order valence-corrected chi connectivity index (χ3v) is 4.02. The van der Waals surface area contributed by atoms with Crippen molar-refractivity contribution in [3.63, 3.8) is 0 Å². The molecule has 0 saturated carbocycles. The molecule has 0 aromatic rings. The second-order valence-corrected chi connectivity index (χ2v) is 5.62. The Kier molecular flexibility index (Phi) is 4.62. The van der Waals surface area contributed by atoms with E-state index in [2.05, 4.69) is 17.1 Å². The van der Waals surface area contributed by atoms with Crippen molar-refractivity contribution >= 4 is 0 Å². The highest BCUT2D eigenvalue weighted by molar-refractivity contribution is 4.81. The van der Waals surface area contributed by atoms with Crippen LogP contribution < -0.4 is 5.32 Å². The quantitative estimate of drug-likeness (QED) is 0.783. The maximum atomic E-state index is 5.24. The van der Waals surface area contributed by atoms with Crippen LogP contribution in [0, 0.1) is 11.8 Å². The summed E-state index contributed by atoms with van der Waals surface area (Å²) in [6.45, 7) is 8.31. The molecule has 3 heteroatoms. The third kappa shape index (κ3) is 3.44. The molecular formula is C13H26N2O. The van der Waals surface area contributed by atoms with Crippen molar-refractivity contribution in [1.29, 1.82) is 0 Å². The van der Waals surface area contributed by atoms with E-state index in [-0.39, 0.29) is 0 Å². The first-order valence-corrected chi connectivity index (χ1v) is 6.72. The minimum Gasteiger partial charge on any atom is -0.384 e. The van der Waals surface area contributed by atoms with Gasteiger partial charge < -0.3 is 15.0 Å². The second kappa shape index (κ2) is 5.99. The summed E-state index contributed by atoms with van der Waals surface area (Å²) < 4.78 is 5.24. The lowest BCUT2D eigenvalue weighted by Crippen LogP contribution is -2.40. The highest BCUT2D eigenvalue weighted by Gasteiger charge is 2.26. The Balaban J connectivity index is 1.70. The van der Waals surface area contributed by atoms with E-state index in [4.69, 9.17) is 4.74 Å². The van der Waals surface area contributed by atoms with Crippen molar-refractivity contribution in [2.24, 2.45) is 11.8 Å². The average Bonchev–Trinajstić information content (AvgIpc) is 2.66. The third-order valence-electron chi connectivity index (χ3n) is 4.02. The first-order valence-electron chi connectivity index (χ1n) is 6.72. The van der Waals surface area contributed by atoms with E-state index in [0.29, 0.717) is 0 Å². The van der Waals surface area contributed by atoms with Crippen LogP contribution >= 0.6 is 0 Å². The van der Waals surface area contributed by atoms with Crippen LogP contribution in [0.2, 0.25) is 0 Å². The van der Waals surface area contributed by atoms with Gasteiger partial charge in [0.05, 0.1) is 6.61 Å². The van der Waals surface area contributed by atoms with Gasteiger partial charge in [-0.1, -0.05) is 0 Å². The number of rotatable bonds is 4. The number of ether oxygens (including phenoxy) is 1. The maximum Gasteiger partial charge on any atom is 0.0503 e. The molecule has 0 radical (unpaired) electrons. The van der Waals surface area contributed by atoms with Gasteiger partial charge in [0.25, 0.3) is 0 Å². The van der Waals surface area contributed by atoms with E-state index in [0.717, 1.165) is 24.5 Å². The van der Waals surface area contributed by atoms with Gasteiger partial charge in [-0.15, -0.1) is 0 Å². The highest BCUT2D eigenvalue weighted by Crippen LogP contribution is 2.22. The summed E-state index contributed by atoms with van der Waals surface area (Å²) in [6.07, 6.45) is 4.04. The molecule has 2 heterocycles. The number of methoxy groups -OCH3 is 1. The Bertz CT molecular complexity index is 210. The SMILES string of the molecule is COCC1CCN(CC2CCNC(C)C2)C1. The minimum atomic E-state index is 0.719. The van der Waals surface area contributed by atoms with Gasteiger partial charge in [0.15, 0.2) is 0 Å². The normalized spacial score (nSPS) is 36.8. The molecule has 3 unspecified atom stereocenters. The monoisotopic (exact) mass is 226 g/mol. The molecule has 1 N–H and O–H groups in total. The molecule has 3 nitrogen and oxygen atoms in total. The Hall–Kier alpha value is -0.120. The number of hydrogen-bond donors (Lipinski definition) is 1. The van der Waals surface area contributed by atoms with Gasteiger partial charge in [-0.3, -0.25) is 0 Å². The number of nitrogens with zero attached hydrogens (tertiary/aromatic N) is 1. The fourth-order valence-corrected chi connectivity index (χ4v) is 3.22. The van der Waals surface area contributed by atoms with Crippen LogP contribution in [0.1, 0.15) is 26.2 Å². The molecule has 0 spiro atoms. The molecule has 2 aliphatic rings. The van der Waals surface area contributed by atoms with Crippen LogP contribution in [0.5, 0.6) is 0 Å². The maximum absolute atomic E-state index is 5.24. The van der Waals surface area contributed by atoms with Crippen molar-refractivity contribution in [1.82, 2.24) is 10.2 Å². The van der Waals surface area contributed by atoms with Crippen LogP contribution in [-0.2, 0) is 4.74 Å². The molecular weight excluding hydrogens is 200 g/mol. The van der Waals surface area contributed by atoms with E-state index in [1.807, 2.05) is 7.11 Å². The van der Waals surface area contributed by atoms with Crippen LogP contribution in [0.3, 0.4) is 0 Å². The minimum absolute atomic E-state index is 0.719. The molecule has 0 aromatic carbocycles. The molecule has 94 valence electrons. The Morgan fingerprint density at radius 3 is 2.94 bits per heavy atom. The molecule has 2 rings (SSSR count). The smallest absolute Gasteiger partial charge is 0.0503 e. The number of piperidine rings is 1. The summed E-state index contributed by atoms with van der Waals surface area (Å²) in [7, 11) is 1.82. The van der Waals surface area contributed by atoms with Gasteiger partial charge in [0.1, 0.15) is 0 Å². The van der Waals surface area contributed by atoms with Crippen LogP contribution in [0.15, 0.2) is 0 Å². The van der Waals surface area contributed by atoms with E-state index in [1.165, 1.54) is 45.4 Å². The average molecular weight is 226 g/mol. The summed E-state index contributed by atoms with van der Waals surface area (Å²) in [6, 6.07) is 0.719. The zero-order valence-electron chi connectivity index (χ0n) is 10.7. The van der Waals surface area contributed by atoms with Gasteiger partial charge >= 0.3 is 0 Å². The van der Waals surface area contributed by atoms with E-state index in [9.17, 15) is 0 Å². The van der Waals surface area contributed by atoms with Crippen LogP contribution in [0.25, 0.3) is 0 Å². The zero-order chi connectivity index (χ0) is 11.4. The summed E-state index contributed by atoms with van der Waals surface area (Å²) in [5, 5.41) is 3.53. The van der Waals surface area contributed by atoms with Crippen LogP contribution in [0.4, 0.5) is 0 Å². The van der Waals surface area contributed by atoms with Crippen molar-refractivity contribution in [3.8, 4) is 0 Å². The van der Waals surface area contributed by atoms with Gasteiger partial charge in [0.2, 0.25) is 0 Å². The largest absolute Gasteiger partial charge is 0.384 e. The molecule has 0 aliphatic carbocycles. The zero-order valence-corrected chi connectivity index (χ0v) is 10.7. The summed E-state index contributed by atoms with van der Waals surface area (Å²) in [5.74, 6) is 1.70. The fourth-order valence-electron chi connectivity index (χ4n) is 3.22. The van der Waals surface area contributed by atoms with E-state index < -0.39 is 0 Å². The van der Waals surface area contributed by atoms with Gasteiger partial charge in [-0.25, -0.2) is 0 Å². The Labute approximate surface area is 99.5 Å². The van der Waals surface area contributed by atoms with Gasteiger partial charge in [-0.05, 0) is 51.1 Å². The lowest BCUT2D eigenvalue weighted by molar-refractivity contribution is 0.148. The topological polar surface area (TPSA) is 24.5 Å². The molecule has 0 aromatic heterocycles. The van der Waals surface area contributed by atoms with Crippen molar-refractivity contribution in [3.05, 3.63) is 0 Å². The predicted molar refractivity (Wildman–Crippen MR) is 66.6 cm³/mol. The first kappa shape index (κ1) is 12.3. The van der Waals surface area contributed by atoms with Gasteiger partial charge in [0, 0.05) is 26.2 Å². The molecule has 2 saturated heterocycles. The molecule has 2 fully saturated rings. The lowest BCUT2D eigenvalue weighted by Gasteiger charge is -2.31. The number of nitrogens with one attached hydrogen (secondary N) is 1. The molecule has 3 atom stereocenters. The van der Waals surface area contributed by atoms with Crippen LogP contribution in [-0.4, -0.2) is 50.8 Å². The lowest BCUT2D eigenvalue weighted by atomic mass is 9.93. The van der Waals surface area contributed by atoms with Gasteiger partial charge in [-0.2, -0.15) is 0 Å². The number of hydrogen-bond acceptors (Lipinski definition) is 3. The van der Waals surface area contributed by atoms with Crippen molar-refractivity contribution < 1.29 is 4.74 Å². The second-order valence-electron chi connectivity index (χ2n) is 5.62. The summed E-state index contributed by atoms with van der Waals surface area (Å²) >= 11 is 0. The van der Waals surface area contributed by atoms with Crippen molar-refractivity contribution in [2.45, 2.75) is 32.2 Å².